The highest BCUT2D eigenvalue weighted by molar-refractivity contribution is 7.85. The molecule has 0 aliphatic rings. The van der Waals surface area contributed by atoms with Gasteiger partial charge in [0.15, 0.2) is 0 Å². The Hall–Kier alpha value is -0.800. The first-order chi connectivity index (χ1) is 11.3. The van der Waals surface area contributed by atoms with E-state index < -0.39 is 23.3 Å². The molecule has 0 aliphatic heterocycles. The van der Waals surface area contributed by atoms with Crippen LogP contribution in [0.15, 0.2) is 11.5 Å². The van der Waals surface area contributed by atoms with Gasteiger partial charge in [0, 0.05) is 11.5 Å². The van der Waals surface area contributed by atoms with Crippen molar-refractivity contribution in [2.75, 3.05) is 31.3 Å². The van der Waals surface area contributed by atoms with Crippen molar-refractivity contribution in [3.05, 3.63) is 11.5 Å². The van der Waals surface area contributed by atoms with Crippen molar-refractivity contribution in [2.45, 2.75) is 26.2 Å². The fourth-order valence-electron chi connectivity index (χ4n) is 1.53. The van der Waals surface area contributed by atoms with Crippen molar-refractivity contribution in [1.82, 2.24) is 0 Å². The molecular formula is C15H24O6S3. The van der Waals surface area contributed by atoms with Crippen molar-refractivity contribution >= 4 is 55.8 Å². The second-order valence-electron chi connectivity index (χ2n) is 5.14. The van der Waals surface area contributed by atoms with Crippen molar-refractivity contribution in [2.24, 2.45) is 5.41 Å². The highest BCUT2D eigenvalue weighted by atomic mass is 32.1. The second kappa shape index (κ2) is 12.5. The van der Waals surface area contributed by atoms with Gasteiger partial charge in [-0.2, -0.15) is 25.3 Å². The van der Waals surface area contributed by atoms with Crippen LogP contribution in [-0.4, -0.2) is 49.2 Å². The number of hydrogen-bond acceptors (Lipinski definition) is 9. The molecule has 0 N–H and O–H groups in total. The monoisotopic (exact) mass is 396 g/mol. The third-order valence-corrected chi connectivity index (χ3v) is 3.84. The molecule has 0 heterocycles. The van der Waals surface area contributed by atoms with Gasteiger partial charge in [-0.15, -0.1) is 12.6 Å². The lowest BCUT2D eigenvalue weighted by Gasteiger charge is -2.31. The Morgan fingerprint density at radius 1 is 0.917 bits per heavy atom. The van der Waals surface area contributed by atoms with Gasteiger partial charge in [-0.25, -0.2) is 4.79 Å². The number of ether oxygens (including phenoxy) is 3. The molecule has 0 atom stereocenters. The quantitative estimate of drug-likeness (QED) is 0.203. The first-order valence-corrected chi connectivity index (χ1v) is 9.09. The molecule has 0 spiro atoms. The molecule has 6 nitrogen and oxygen atoms in total. The molecule has 0 aromatic heterocycles. The maximum absolute atomic E-state index is 11.6. The predicted molar refractivity (Wildman–Crippen MR) is 101 cm³/mol. The molecule has 0 saturated heterocycles. The SMILES string of the molecule is C=C(S)C(=O)OCC(CC)(COC(=O)CCS)COC(=O)CCS. The van der Waals surface area contributed by atoms with E-state index in [-0.39, 0.29) is 37.6 Å². The Kier molecular flexibility index (Phi) is 12.1. The van der Waals surface area contributed by atoms with Crippen LogP contribution in [0.3, 0.4) is 0 Å². The van der Waals surface area contributed by atoms with Crippen molar-refractivity contribution in [3.8, 4) is 0 Å². The van der Waals surface area contributed by atoms with Gasteiger partial charge in [-0.1, -0.05) is 13.5 Å². The predicted octanol–water partition coefficient (Wildman–Crippen LogP) is 2.10. The van der Waals surface area contributed by atoms with E-state index in [1.807, 2.05) is 6.92 Å². The largest absolute Gasteiger partial charge is 0.465 e. The van der Waals surface area contributed by atoms with E-state index in [1.54, 1.807) is 0 Å². The molecule has 24 heavy (non-hydrogen) atoms. The zero-order valence-electron chi connectivity index (χ0n) is 13.7. The standard InChI is InChI=1S/C15H24O6S3/c1-3-15(8-19-12(16)4-6-22,9-20-13(17)5-7-23)10-21-14(18)11(2)24/h22-24H,2-10H2,1H3. The van der Waals surface area contributed by atoms with Gasteiger partial charge < -0.3 is 14.2 Å². The Balaban J connectivity index is 4.91. The van der Waals surface area contributed by atoms with E-state index in [9.17, 15) is 14.4 Å². The summed E-state index contributed by atoms with van der Waals surface area (Å²) in [5.41, 5.74) is -0.836. The van der Waals surface area contributed by atoms with Crippen molar-refractivity contribution in [1.29, 1.82) is 0 Å². The van der Waals surface area contributed by atoms with Crippen LogP contribution in [0.2, 0.25) is 0 Å². The van der Waals surface area contributed by atoms with Gasteiger partial charge in [0.1, 0.15) is 19.8 Å². The Morgan fingerprint density at radius 3 is 1.67 bits per heavy atom. The molecule has 0 fully saturated rings. The van der Waals surface area contributed by atoms with Crippen LogP contribution in [0.25, 0.3) is 0 Å². The van der Waals surface area contributed by atoms with Crippen LogP contribution >= 0.6 is 37.9 Å². The van der Waals surface area contributed by atoms with Gasteiger partial charge in [0.2, 0.25) is 0 Å². The molecule has 138 valence electrons. The smallest absolute Gasteiger partial charge is 0.343 e. The molecule has 0 aliphatic carbocycles. The molecule has 0 aromatic carbocycles. The summed E-state index contributed by atoms with van der Waals surface area (Å²) in [6.45, 7) is 5.02. The summed E-state index contributed by atoms with van der Waals surface area (Å²) in [5, 5.41) is 0. The topological polar surface area (TPSA) is 78.9 Å². The fourth-order valence-corrected chi connectivity index (χ4v) is 1.96. The summed E-state index contributed by atoms with van der Waals surface area (Å²) in [7, 11) is 0. The summed E-state index contributed by atoms with van der Waals surface area (Å²) in [6, 6.07) is 0. The fraction of sp³-hybridized carbons (Fsp3) is 0.667. The van der Waals surface area contributed by atoms with Gasteiger partial charge in [0.25, 0.3) is 0 Å². The van der Waals surface area contributed by atoms with E-state index in [0.29, 0.717) is 17.9 Å². The van der Waals surface area contributed by atoms with E-state index in [4.69, 9.17) is 14.2 Å². The van der Waals surface area contributed by atoms with E-state index in [0.717, 1.165) is 0 Å². The lowest BCUT2D eigenvalue weighted by atomic mass is 9.88. The molecule has 0 unspecified atom stereocenters. The molecule has 0 aromatic rings. The number of hydrogen-bond donors (Lipinski definition) is 3. The van der Waals surface area contributed by atoms with Crippen molar-refractivity contribution < 1.29 is 28.6 Å². The summed E-state index contributed by atoms with van der Waals surface area (Å²) >= 11 is 11.8. The highest BCUT2D eigenvalue weighted by Crippen LogP contribution is 2.25. The Bertz CT molecular complexity index is 430. The summed E-state index contributed by atoms with van der Waals surface area (Å²) in [5.74, 6) is -0.796. The number of carbonyl (C=O) groups is 3. The second-order valence-corrected chi connectivity index (χ2v) is 6.58. The van der Waals surface area contributed by atoms with Gasteiger partial charge >= 0.3 is 17.9 Å². The molecule has 0 saturated carbocycles. The third-order valence-electron chi connectivity index (χ3n) is 3.21. The molecule has 9 heteroatoms. The number of esters is 3. The number of rotatable bonds is 12. The maximum atomic E-state index is 11.6. The van der Waals surface area contributed by atoms with Crippen LogP contribution in [0.4, 0.5) is 0 Å². The number of thiol groups is 3. The third kappa shape index (κ3) is 9.48. The van der Waals surface area contributed by atoms with Crippen LogP contribution in [-0.2, 0) is 28.6 Å². The van der Waals surface area contributed by atoms with E-state index in [2.05, 4.69) is 44.5 Å². The van der Waals surface area contributed by atoms with E-state index >= 15 is 0 Å². The van der Waals surface area contributed by atoms with Gasteiger partial charge in [0.05, 0.1) is 23.2 Å². The lowest BCUT2D eigenvalue weighted by Crippen LogP contribution is -2.39. The first kappa shape index (κ1) is 23.2. The average Bonchev–Trinajstić information content (AvgIpc) is 2.54. The molecule has 0 bridgehead atoms. The zero-order valence-corrected chi connectivity index (χ0v) is 16.3. The summed E-state index contributed by atoms with van der Waals surface area (Å²) in [4.78, 5) is 34.6. The molecule has 0 rings (SSSR count). The summed E-state index contributed by atoms with van der Waals surface area (Å²) in [6.07, 6.45) is 0.785. The molecule has 0 amide bonds. The first-order valence-electron chi connectivity index (χ1n) is 7.38. The zero-order chi connectivity index (χ0) is 18.6. The van der Waals surface area contributed by atoms with Crippen LogP contribution < -0.4 is 0 Å². The average molecular weight is 397 g/mol. The molecular weight excluding hydrogens is 372 g/mol. The summed E-state index contributed by atoms with van der Waals surface area (Å²) < 4.78 is 15.5. The van der Waals surface area contributed by atoms with Crippen LogP contribution in [0, 0.1) is 5.41 Å². The Labute approximate surface area is 158 Å². The minimum atomic E-state index is -0.836. The minimum absolute atomic E-state index is 0.0425. The van der Waals surface area contributed by atoms with Crippen LogP contribution in [0.5, 0.6) is 0 Å². The molecule has 0 radical (unpaired) electrons. The normalized spacial score (nSPS) is 10.8. The maximum Gasteiger partial charge on any atom is 0.343 e. The van der Waals surface area contributed by atoms with Crippen LogP contribution in [0.1, 0.15) is 26.2 Å². The minimum Gasteiger partial charge on any atom is -0.465 e. The van der Waals surface area contributed by atoms with E-state index in [1.165, 1.54) is 0 Å². The highest BCUT2D eigenvalue weighted by Gasteiger charge is 2.34. The Morgan fingerprint density at radius 2 is 1.33 bits per heavy atom. The lowest BCUT2D eigenvalue weighted by molar-refractivity contribution is -0.160. The van der Waals surface area contributed by atoms with Gasteiger partial charge in [-0.3, -0.25) is 9.59 Å². The van der Waals surface area contributed by atoms with Crippen molar-refractivity contribution in [3.63, 3.8) is 0 Å². The number of carbonyl (C=O) groups excluding carboxylic acids is 3. The van der Waals surface area contributed by atoms with Gasteiger partial charge in [-0.05, 0) is 6.42 Å².